The molecule has 0 aliphatic rings. The lowest BCUT2D eigenvalue weighted by Gasteiger charge is -2.10. The number of nitrogens with zero attached hydrogens (tertiary/aromatic N) is 2. The molecule has 170 valence electrons. The van der Waals surface area contributed by atoms with Crippen LogP contribution in [-0.4, -0.2) is 15.3 Å². The van der Waals surface area contributed by atoms with Crippen molar-refractivity contribution in [3.63, 3.8) is 0 Å². The largest absolute Gasteiger partial charge is 0.467 e. The van der Waals surface area contributed by atoms with Crippen molar-refractivity contribution in [2.24, 2.45) is 0 Å². The van der Waals surface area contributed by atoms with E-state index in [0.29, 0.717) is 19.4 Å². The Morgan fingerprint density at radius 1 is 1.03 bits per heavy atom. The molecule has 2 aromatic carbocycles. The normalized spacial score (nSPS) is 11.1. The highest BCUT2D eigenvalue weighted by Gasteiger charge is 2.16. The van der Waals surface area contributed by atoms with Gasteiger partial charge in [-0.25, -0.2) is 4.98 Å². The smallest absolute Gasteiger partial charge is 0.220 e. The number of fused-ring (bicyclic) bond motifs is 1. The molecule has 0 fully saturated rings. The third kappa shape index (κ3) is 4.61. The Morgan fingerprint density at radius 2 is 1.88 bits per heavy atom. The van der Waals surface area contributed by atoms with Gasteiger partial charge in [0.15, 0.2) is 0 Å². The number of rotatable bonds is 7. The van der Waals surface area contributed by atoms with Crippen molar-refractivity contribution in [2.45, 2.75) is 26.3 Å². The van der Waals surface area contributed by atoms with Gasteiger partial charge < -0.3 is 14.1 Å². The number of carbonyl (C=O) groups excluding carboxylic acids is 1. The minimum atomic E-state index is -0.0324. The highest BCUT2D eigenvalue weighted by Crippen LogP contribution is 2.30. The lowest BCUT2D eigenvalue weighted by atomic mass is 10.0. The summed E-state index contributed by atoms with van der Waals surface area (Å²) in [7, 11) is 0. The highest BCUT2D eigenvalue weighted by atomic mass is 35.5. The zero-order chi connectivity index (χ0) is 23.5. The van der Waals surface area contributed by atoms with Crippen molar-refractivity contribution in [1.82, 2.24) is 14.7 Å². The first-order chi connectivity index (χ1) is 16.6. The number of halogens is 1. The van der Waals surface area contributed by atoms with Crippen LogP contribution in [0.4, 0.5) is 0 Å². The molecule has 0 bridgehead atoms. The fraction of sp³-hybridized carbons (Fsp3) is 0.143. The van der Waals surface area contributed by atoms with Gasteiger partial charge in [-0.1, -0.05) is 48.0 Å². The Kier molecular flexibility index (Phi) is 6.19. The number of nitrogens with one attached hydrogen (secondary N) is 1. The molecule has 6 heteroatoms. The minimum absolute atomic E-state index is 0.0324. The maximum atomic E-state index is 12.6. The van der Waals surface area contributed by atoms with Crippen LogP contribution in [0.3, 0.4) is 0 Å². The molecule has 0 aliphatic carbocycles. The fourth-order valence-corrected chi connectivity index (χ4v) is 4.42. The molecule has 3 aromatic heterocycles. The summed E-state index contributed by atoms with van der Waals surface area (Å²) in [4.78, 5) is 17.5. The molecule has 0 unspecified atom stereocenters. The molecule has 5 nitrogen and oxygen atoms in total. The van der Waals surface area contributed by atoms with Crippen LogP contribution >= 0.6 is 11.6 Å². The van der Waals surface area contributed by atoms with E-state index < -0.39 is 0 Å². The molecular weight excluding hydrogens is 446 g/mol. The molecule has 3 heterocycles. The van der Waals surface area contributed by atoms with Gasteiger partial charge in [-0.2, -0.15) is 0 Å². The van der Waals surface area contributed by atoms with E-state index in [0.717, 1.165) is 50.1 Å². The molecular formula is C28H24ClN3O2. The van der Waals surface area contributed by atoms with Crippen molar-refractivity contribution in [1.29, 1.82) is 0 Å². The first kappa shape index (κ1) is 22.0. The van der Waals surface area contributed by atoms with Crippen LogP contribution in [0, 0.1) is 6.92 Å². The van der Waals surface area contributed by atoms with Gasteiger partial charge in [-0.3, -0.25) is 4.79 Å². The van der Waals surface area contributed by atoms with E-state index in [1.54, 1.807) is 6.26 Å². The molecule has 0 saturated carbocycles. The monoisotopic (exact) mass is 469 g/mol. The Balaban J connectivity index is 1.49. The average molecular weight is 470 g/mol. The molecule has 0 aliphatic heterocycles. The summed E-state index contributed by atoms with van der Waals surface area (Å²) >= 11 is 6.17. The van der Waals surface area contributed by atoms with Gasteiger partial charge in [0.1, 0.15) is 11.4 Å². The predicted molar refractivity (Wildman–Crippen MR) is 135 cm³/mol. The first-order valence-corrected chi connectivity index (χ1v) is 11.6. The lowest BCUT2D eigenvalue weighted by Crippen LogP contribution is -2.23. The van der Waals surface area contributed by atoms with Crippen LogP contribution in [0.5, 0.6) is 0 Å². The Labute approximate surface area is 203 Å². The SMILES string of the molecule is Cc1cc(Cl)ccc1-c1ccc2nc(-c3ccccc3)c(CCC(=O)NCc3ccco3)n2c1. The van der Waals surface area contributed by atoms with Crippen LogP contribution in [-0.2, 0) is 17.8 Å². The van der Waals surface area contributed by atoms with Crippen molar-refractivity contribution < 1.29 is 9.21 Å². The Hall–Kier alpha value is -3.83. The standard InChI is InChI=1S/C28H24ClN3O2/c1-19-16-22(29)10-11-24(19)21-9-13-26-31-28(20-6-3-2-4-7-20)25(32(26)18-21)12-14-27(33)30-17-23-8-5-15-34-23/h2-11,13,15-16,18H,12,14,17H2,1H3,(H,30,33). The molecule has 0 atom stereocenters. The summed E-state index contributed by atoms with van der Waals surface area (Å²) in [6, 6.07) is 23.8. The number of aryl methyl sites for hydroxylation is 2. The zero-order valence-electron chi connectivity index (χ0n) is 18.8. The van der Waals surface area contributed by atoms with E-state index >= 15 is 0 Å². The third-order valence-corrected chi connectivity index (χ3v) is 6.13. The number of hydrogen-bond donors (Lipinski definition) is 1. The summed E-state index contributed by atoms with van der Waals surface area (Å²) in [5, 5.41) is 3.65. The van der Waals surface area contributed by atoms with Gasteiger partial charge >= 0.3 is 0 Å². The maximum Gasteiger partial charge on any atom is 0.220 e. The van der Waals surface area contributed by atoms with Gasteiger partial charge in [0.05, 0.1) is 24.2 Å². The summed E-state index contributed by atoms with van der Waals surface area (Å²) in [5.41, 5.74) is 7.06. The number of benzene rings is 2. The molecule has 0 radical (unpaired) electrons. The second kappa shape index (κ2) is 9.57. The molecule has 0 saturated heterocycles. The molecule has 5 aromatic rings. The summed E-state index contributed by atoms with van der Waals surface area (Å²) in [6.07, 6.45) is 4.60. The topological polar surface area (TPSA) is 59.5 Å². The maximum absolute atomic E-state index is 12.6. The average Bonchev–Trinajstić information content (AvgIpc) is 3.49. The molecule has 1 N–H and O–H groups in total. The van der Waals surface area contributed by atoms with Crippen LogP contribution in [0.15, 0.2) is 89.7 Å². The predicted octanol–water partition coefficient (Wildman–Crippen LogP) is 6.47. The van der Waals surface area contributed by atoms with Crippen LogP contribution in [0.25, 0.3) is 28.0 Å². The van der Waals surface area contributed by atoms with Gasteiger partial charge in [-0.05, 0) is 66.4 Å². The van der Waals surface area contributed by atoms with Crippen LogP contribution in [0.2, 0.25) is 5.02 Å². The van der Waals surface area contributed by atoms with E-state index in [-0.39, 0.29) is 5.91 Å². The van der Waals surface area contributed by atoms with Crippen molar-refractivity contribution in [3.8, 4) is 22.4 Å². The summed E-state index contributed by atoms with van der Waals surface area (Å²) < 4.78 is 7.41. The Morgan fingerprint density at radius 3 is 2.65 bits per heavy atom. The number of furan rings is 1. The van der Waals surface area contributed by atoms with Gasteiger partial charge in [-0.15, -0.1) is 0 Å². The summed E-state index contributed by atoms with van der Waals surface area (Å²) in [5.74, 6) is 0.700. The molecule has 1 amide bonds. The van der Waals surface area contributed by atoms with Crippen molar-refractivity contribution in [2.75, 3.05) is 0 Å². The summed E-state index contributed by atoms with van der Waals surface area (Å²) in [6.45, 7) is 2.43. The third-order valence-electron chi connectivity index (χ3n) is 5.89. The lowest BCUT2D eigenvalue weighted by molar-refractivity contribution is -0.121. The van der Waals surface area contributed by atoms with Crippen LogP contribution < -0.4 is 5.32 Å². The number of carbonyl (C=O) groups is 1. The van der Waals surface area contributed by atoms with E-state index in [1.807, 2.05) is 66.7 Å². The van der Waals surface area contributed by atoms with E-state index in [4.69, 9.17) is 21.0 Å². The van der Waals surface area contributed by atoms with Gasteiger partial charge in [0.25, 0.3) is 0 Å². The highest BCUT2D eigenvalue weighted by molar-refractivity contribution is 6.30. The van der Waals surface area contributed by atoms with Crippen molar-refractivity contribution in [3.05, 3.63) is 107 Å². The fourth-order valence-electron chi connectivity index (χ4n) is 4.19. The molecule has 5 rings (SSSR count). The molecule has 0 spiro atoms. The Bertz CT molecular complexity index is 1440. The van der Waals surface area contributed by atoms with E-state index in [9.17, 15) is 4.79 Å². The molecule has 34 heavy (non-hydrogen) atoms. The number of aromatic nitrogens is 2. The number of amides is 1. The minimum Gasteiger partial charge on any atom is -0.467 e. The second-order valence-electron chi connectivity index (χ2n) is 8.23. The number of pyridine rings is 1. The van der Waals surface area contributed by atoms with Crippen LogP contribution in [0.1, 0.15) is 23.4 Å². The first-order valence-electron chi connectivity index (χ1n) is 11.2. The van der Waals surface area contributed by atoms with Gasteiger partial charge in [0, 0.05) is 23.2 Å². The second-order valence-corrected chi connectivity index (χ2v) is 8.67. The van der Waals surface area contributed by atoms with Crippen molar-refractivity contribution >= 4 is 23.2 Å². The van der Waals surface area contributed by atoms with Gasteiger partial charge in [0.2, 0.25) is 5.91 Å². The zero-order valence-corrected chi connectivity index (χ0v) is 19.5. The number of imidazole rings is 1. The quantitative estimate of drug-likeness (QED) is 0.297. The van der Waals surface area contributed by atoms with E-state index in [1.165, 1.54) is 0 Å². The number of hydrogen-bond acceptors (Lipinski definition) is 3. The van der Waals surface area contributed by atoms with E-state index in [2.05, 4.69) is 28.9 Å².